The van der Waals surface area contributed by atoms with Gasteiger partial charge in [0.25, 0.3) is 0 Å². The van der Waals surface area contributed by atoms with E-state index in [0.29, 0.717) is 11.3 Å². The minimum atomic E-state index is 0.486. The van der Waals surface area contributed by atoms with Crippen LogP contribution < -0.4 is 5.73 Å². The van der Waals surface area contributed by atoms with E-state index in [2.05, 4.69) is 10.2 Å². The Labute approximate surface area is 52.2 Å². The molecule has 1 heterocycles. The van der Waals surface area contributed by atoms with Gasteiger partial charge in [0.2, 0.25) is 0 Å². The van der Waals surface area contributed by atoms with E-state index in [1.807, 2.05) is 0 Å². The Hall–Kier alpha value is -1.45. The third-order valence-electron chi connectivity index (χ3n) is 0.949. The minimum absolute atomic E-state index is 0.486. The molecule has 4 nitrogen and oxygen atoms in total. The number of aromatic nitrogens is 2. The lowest BCUT2D eigenvalue weighted by atomic mass is 10.3. The summed E-state index contributed by atoms with van der Waals surface area (Å²) in [7, 11) is 0. The Balaban J connectivity index is 3.15. The molecule has 3 N–H and O–H groups in total. The summed E-state index contributed by atoms with van der Waals surface area (Å²) in [6.07, 6.45) is 4.01. The molecule has 0 fully saturated rings. The Kier molecular flexibility index (Phi) is 1.40. The van der Waals surface area contributed by atoms with Crippen molar-refractivity contribution in [3.63, 3.8) is 0 Å². The van der Waals surface area contributed by atoms with Gasteiger partial charge in [-0.1, -0.05) is 0 Å². The first-order chi connectivity index (χ1) is 4.34. The highest BCUT2D eigenvalue weighted by Crippen LogP contribution is 2.01. The largest absolute Gasteiger partial charge is 0.397 e. The van der Waals surface area contributed by atoms with Gasteiger partial charge in [-0.2, -0.15) is 10.2 Å². The van der Waals surface area contributed by atoms with E-state index >= 15 is 0 Å². The number of nitrogens with one attached hydrogen (secondary N) is 1. The maximum Gasteiger partial charge on any atom is 0.0732 e. The molecule has 0 aliphatic heterocycles. The van der Waals surface area contributed by atoms with Crippen LogP contribution in [0.5, 0.6) is 0 Å². The number of anilines is 1. The second-order valence-electron chi connectivity index (χ2n) is 1.54. The third-order valence-corrected chi connectivity index (χ3v) is 0.949. The molecule has 4 heteroatoms. The van der Waals surface area contributed by atoms with Crippen molar-refractivity contribution < 1.29 is 0 Å². The predicted molar refractivity (Wildman–Crippen MR) is 34.3 cm³/mol. The van der Waals surface area contributed by atoms with Crippen LogP contribution in [0.25, 0.3) is 0 Å². The molecule has 0 saturated carbocycles. The van der Waals surface area contributed by atoms with Crippen molar-refractivity contribution in [2.45, 2.75) is 0 Å². The van der Waals surface area contributed by atoms with Gasteiger partial charge in [-0.3, -0.25) is 0 Å². The standard InChI is InChI=1S/C5H6N4/c6-1-4-2-8-9-3-5(4)7/h1-3,6H,(H2,7,8). The molecule has 46 valence electrons. The van der Waals surface area contributed by atoms with Crippen LogP contribution in [0.3, 0.4) is 0 Å². The predicted octanol–water partition coefficient (Wildman–Crippen LogP) is 0.0565. The lowest BCUT2D eigenvalue weighted by molar-refractivity contribution is 1.03. The van der Waals surface area contributed by atoms with Crippen molar-refractivity contribution in [1.29, 1.82) is 5.41 Å². The quantitative estimate of drug-likeness (QED) is 0.517. The average molecular weight is 122 g/mol. The first kappa shape index (κ1) is 5.68. The van der Waals surface area contributed by atoms with Crippen molar-refractivity contribution in [2.75, 3.05) is 5.73 Å². The summed E-state index contributed by atoms with van der Waals surface area (Å²) in [4.78, 5) is 0. The molecule has 0 saturated heterocycles. The lowest BCUT2D eigenvalue weighted by Crippen LogP contribution is -1.94. The van der Waals surface area contributed by atoms with Crippen LogP contribution in [0.4, 0.5) is 5.69 Å². The zero-order valence-electron chi connectivity index (χ0n) is 4.70. The molecule has 0 amide bonds. The van der Waals surface area contributed by atoms with Gasteiger partial charge in [-0.05, 0) is 0 Å². The summed E-state index contributed by atoms with van der Waals surface area (Å²) in [6.45, 7) is 0. The first-order valence-corrected chi connectivity index (χ1v) is 2.41. The highest BCUT2D eigenvalue weighted by Gasteiger charge is 1.91. The Morgan fingerprint density at radius 3 is 2.56 bits per heavy atom. The van der Waals surface area contributed by atoms with Crippen LogP contribution in [0.1, 0.15) is 5.56 Å². The molecule has 0 radical (unpaired) electrons. The van der Waals surface area contributed by atoms with Gasteiger partial charge >= 0.3 is 0 Å². The number of nitrogen functional groups attached to an aromatic ring is 1. The fourth-order valence-corrected chi connectivity index (χ4v) is 0.461. The van der Waals surface area contributed by atoms with Gasteiger partial charge in [-0.15, -0.1) is 0 Å². The van der Waals surface area contributed by atoms with Crippen molar-refractivity contribution >= 4 is 11.9 Å². The second kappa shape index (κ2) is 2.21. The van der Waals surface area contributed by atoms with E-state index < -0.39 is 0 Å². The van der Waals surface area contributed by atoms with E-state index in [1.165, 1.54) is 12.4 Å². The first-order valence-electron chi connectivity index (χ1n) is 2.41. The van der Waals surface area contributed by atoms with Crippen molar-refractivity contribution in [3.8, 4) is 0 Å². The summed E-state index contributed by atoms with van der Waals surface area (Å²) >= 11 is 0. The van der Waals surface area contributed by atoms with E-state index in [1.54, 1.807) is 0 Å². The third kappa shape index (κ3) is 1.02. The van der Waals surface area contributed by atoms with E-state index in [4.69, 9.17) is 11.1 Å². The van der Waals surface area contributed by atoms with Gasteiger partial charge in [-0.25, -0.2) is 0 Å². The normalized spacial score (nSPS) is 8.89. The SMILES string of the molecule is N=Cc1cnncc1N. The number of rotatable bonds is 1. The van der Waals surface area contributed by atoms with E-state index in [-0.39, 0.29) is 0 Å². The Morgan fingerprint density at radius 2 is 2.11 bits per heavy atom. The molecule has 0 spiro atoms. The summed E-state index contributed by atoms with van der Waals surface area (Å²) in [6, 6.07) is 0. The van der Waals surface area contributed by atoms with Crippen LogP contribution in [0.15, 0.2) is 12.4 Å². The van der Waals surface area contributed by atoms with Crippen molar-refractivity contribution in [3.05, 3.63) is 18.0 Å². The van der Waals surface area contributed by atoms with Crippen LogP contribution >= 0.6 is 0 Å². The molecule has 1 rings (SSSR count). The average Bonchev–Trinajstić information content (AvgIpc) is 1.89. The summed E-state index contributed by atoms with van der Waals surface area (Å²) < 4.78 is 0. The van der Waals surface area contributed by atoms with Gasteiger partial charge in [0.15, 0.2) is 0 Å². The van der Waals surface area contributed by atoms with E-state index in [0.717, 1.165) is 6.21 Å². The molecule has 0 atom stereocenters. The smallest absolute Gasteiger partial charge is 0.0732 e. The van der Waals surface area contributed by atoms with Gasteiger partial charge in [0.1, 0.15) is 0 Å². The number of nitrogens with zero attached hydrogens (tertiary/aromatic N) is 2. The highest BCUT2D eigenvalue weighted by molar-refractivity contribution is 5.83. The van der Waals surface area contributed by atoms with Gasteiger partial charge in [0.05, 0.1) is 18.1 Å². The van der Waals surface area contributed by atoms with Crippen LogP contribution in [0.2, 0.25) is 0 Å². The topological polar surface area (TPSA) is 75.7 Å². The Bertz CT molecular complexity index is 220. The molecule has 0 aliphatic carbocycles. The molecule has 1 aromatic heterocycles. The second-order valence-corrected chi connectivity index (χ2v) is 1.54. The van der Waals surface area contributed by atoms with Gasteiger partial charge in [0, 0.05) is 11.8 Å². The highest BCUT2D eigenvalue weighted by atomic mass is 15.1. The zero-order chi connectivity index (χ0) is 6.69. The fourth-order valence-electron chi connectivity index (χ4n) is 0.461. The zero-order valence-corrected chi connectivity index (χ0v) is 4.70. The molecular weight excluding hydrogens is 116 g/mol. The molecule has 0 bridgehead atoms. The summed E-state index contributed by atoms with van der Waals surface area (Å²) in [5, 5.41) is 13.9. The van der Waals surface area contributed by atoms with E-state index in [9.17, 15) is 0 Å². The maximum absolute atomic E-state index is 6.81. The number of hydrogen-bond acceptors (Lipinski definition) is 4. The molecule has 0 unspecified atom stereocenters. The molecule has 9 heavy (non-hydrogen) atoms. The number of nitrogens with two attached hydrogens (primary N) is 1. The van der Waals surface area contributed by atoms with Crippen molar-refractivity contribution in [1.82, 2.24) is 10.2 Å². The molecular formula is C5H6N4. The number of hydrogen-bond donors (Lipinski definition) is 2. The molecule has 0 aromatic carbocycles. The lowest BCUT2D eigenvalue weighted by Gasteiger charge is -1.92. The maximum atomic E-state index is 6.81. The van der Waals surface area contributed by atoms with Gasteiger partial charge < -0.3 is 11.1 Å². The van der Waals surface area contributed by atoms with Crippen LogP contribution in [0, 0.1) is 5.41 Å². The molecule has 0 aliphatic rings. The summed E-state index contributed by atoms with van der Waals surface area (Å²) in [5.41, 5.74) is 6.47. The molecule has 1 aromatic rings. The van der Waals surface area contributed by atoms with Crippen LogP contribution in [-0.2, 0) is 0 Å². The fraction of sp³-hybridized carbons (Fsp3) is 0. The van der Waals surface area contributed by atoms with Crippen molar-refractivity contribution in [2.24, 2.45) is 0 Å². The monoisotopic (exact) mass is 122 g/mol. The van der Waals surface area contributed by atoms with Crippen LogP contribution in [-0.4, -0.2) is 16.4 Å². The Morgan fingerprint density at radius 1 is 1.44 bits per heavy atom. The summed E-state index contributed by atoms with van der Waals surface area (Å²) in [5.74, 6) is 0. The minimum Gasteiger partial charge on any atom is -0.397 e.